The zero-order valence-corrected chi connectivity index (χ0v) is 13.3. The summed E-state index contributed by atoms with van der Waals surface area (Å²) in [7, 11) is 0. The average molecular weight is 318 g/mol. The molecule has 4 nitrogen and oxygen atoms in total. The van der Waals surface area contributed by atoms with Crippen LogP contribution in [0, 0.1) is 0 Å². The number of hydrogen-bond acceptors (Lipinski definition) is 3. The van der Waals surface area contributed by atoms with Crippen LogP contribution in [-0.4, -0.2) is 18.0 Å². The quantitative estimate of drug-likeness (QED) is 0.859. The molecule has 1 rings (SSSR count). The molecule has 0 saturated heterocycles. The monoisotopic (exact) mass is 317 g/mol. The van der Waals surface area contributed by atoms with Crippen LogP contribution in [-0.2, 0) is 15.1 Å². The van der Waals surface area contributed by atoms with Gasteiger partial charge >= 0.3 is 6.09 Å². The Kier molecular flexibility index (Phi) is 5.05. The van der Waals surface area contributed by atoms with Crippen molar-refractivity contribution in [1.82, 2.24) is 5.32 Å². The van der Waals surface area contributed by atoms with E-state index >= 15 is 0 Å². The van der Waals surface area contributed by atoms with E-state index in [1.807, 2.05) is 0 Å². The third-order valence-corrected chi connectivity index (χ3v) is 3.03. The Bertz CT molecular complexity index is 526. The molecule has 6 heteroatoms. The van der Waals surface area contributed by atoms with Crippen molar-refractivity contribution in [2.75, 3.05) is 0 Å². The van der Waals surface area contributed by atoms with Crippen molar-refractivity contribution in [2.24, 2.45) is 0 Å². The van der Waals surface area contributed by atoms with Crippen LogP contribution in [0.4, 0.5) is 4.79 Å². The number of carbonyl (C=O) groups is 2. The molecule has 1 unspecified atom stereocenters. The lowest BCUT2D eigenvalue weighted by atomic mass is 9.94. The molecule has 0 saturated carbocycles. The van der Waals surface area contributed by atoms with E-state index < -0.39 is 17.2 Å². The Balaban J connectivity index is 3.03. The number of aldehydes is 1. The highest BCUT2D eigenvalue weighted by Crippen LogP contribution is 2.29. The van der Waals surface area contributed by atoms with Gasteiger partial charge < -0.3 is 14.8 Å². The molecular weight excluding hydrogens is 301 g/mol. The summed E-state index contributed by atoms with van der Waals surface area (Å²) in [6.45, 7) is 6.75. The van der Waals surface area contributed by atoms with E-state index in [0.29, 0.717) is 21.9 Å². The largest absolute Gasteiger partial charge is 0.444 e. The van der Waals surface area contributed by atoms with E-state index in [0.717, 1.165) is 0 Å². The summed E-state index contributed by atoms with van der Waals surface area (Å²) < 4.78 is 5.14. The zero-order valence-electron chi connectivity index (χ0n) is 11.8. The number of amides is 1. The van der Waals surface area contributed by atoms with E-state index in [-0.39, 0.29) is 0 Å². The Morgan fingerprint density at radius 1 is 1.25 bits per heavy atom. The van der Waals surface area contributed by atoms with Crippen molar-refractivity contribution in [3.63, 3.8) is 0 Å². The standard InChI is InChI=1S/C14H17Cl2NO3/c1-13(2,3)20-12(19)17-14(4,8-18)10-6-5-9(15)7-11(10)16/h5-8H,1-4H3,(H,17,19). The van der Waals surface area contributed by atoms with E-state index in [2.05, 4.69) is 5.32 Å². The van der Waals surface area contributed by atoms with Crippen LogP contribution in [0.2, 0.25) is 10.0 Å². The van der Waals surface area contributed by atoms with Crippen LogP contribution in [0.3, 0.4) is 0 Å². The lowest BCUT2D eigenvalue weighted by molar-refractivity contribution is -0.113. The summed E-state index contributed by atoms with van der Waals surface area (Å²) in [4.78, 5) is 23.2. The second-order valence-corrected chi connectivity index (χ2v) is 6.41. The van der Waals surface area contributed by atoms with Gasteiger partial charge in [0.2, 0.25) is 0 Å². The molecule has 0 aliphatic heterocycles. The van der Waals surface area contributed by atoms with Crippen LogP contribution in [0.1, 0.15) is 33.3 Å². The fraction of sp³-hybridized carbons (Fsp3) is 0.429. The first-order valence-electron chi connectivity index (χ1n) is 6.00. The Labute approximate surface area is 128 Å². The third kappa shape index (κ3) is 4.39. The van der Waals surface area contributed by atoms with Gasteiger partial charge in [-0.1, -0.05) is 29.3 Å². The predicted octanol–water partition coefficient (Wildman–Crippen LogP) is 3.93. The van der Waals surface area contributed by atoms with Gasteiger partial charge in [0.1, 0.15) is 17.4 Å². The van der Waals surface area contributed by atoms with Crippen molar-refractivity contribution in [2.45, 2.75) is 38.8 Å². The summed E-state index contributed by atoms with van der Waals surface area (Å²) in [6.07, 6.45) is -0.0930. The van der Waals surface area contributed by atoms with Crippen LogP contribution in [0.25, 0.3) is 0 Å². The molecule has 20 heavy (non-hydrogen) atoms. The SMILES string of the molecule is CC(C)(C)OC(=O)NC(C)(C=O)c1ccc(Cl)cc1Cl. The van der Waals surface area contributed by atoms with Gasteiger partial charge in [0, 0.05) is 15.6 Å². The Hall–Kier alpha value is -1.26. The maximum atomic E-state index is 11.8. The van der Waals surface area contributed by atoms with Gasteiger partial charge in [-0.3, -0.25) is 0 Å². The van der Waals surface area contributed by atoms with Gasteiger partial charge in [0.25, 0.3) is 0 Å². The first-order valence-corrected chi connectivity index (χ1v) is 6.76. The minimum Gasteiger partial charge on any atom is -0.444 e. The molecule has 1 N–H and O–H groups in total. The van der Waals surface area contributed by atoms with E-state index in [1.54, 1.807) is 39.8 Å². The summed E-state index contributed by atoms with van der Waals surface area (Å²) >= 11 is 11.9. The molecule has 1 aromatic rings. The first-order chi connectivity index (χ1) is 9.07. The number of halogens is 2. The van der Waals surface area contributed by atoms with Crippen molar-refractivity contribution in [3.05, 3.63) is 33.8 Å². The highest BCUT2D eigenvalue weighted by Gasteiger charge is 2.32. The molecule has 0 aromatic heterocycles. The maximum Gasteiger partial charge on any atom is 0.408 e. The van der Waals surface area contributed by atoms with Crippen molar-refractivity contribution in [3.8, 4) is 0 Å². The molecule has 0 bridgehead atoms. The minimum absolute atomic E-state index is 0.295. The van der Waals surface area contributed by atoms with E-state index in [9.17, 15) is 9.59 Å². The minimum atomic E-state index is -1.29. The molecule has 1 aromatic carbocycles. The molecule has 0 heterocycles. The van der Waals surface area contributed by atoms with Gasteiger partial charge in [0.15, 0.2) is 0 Å². The number of benzene rings is 1. The molecule has 0 radical (unpaired) electrons. The second kappa shape index (κ2) is 6.02. The molecule has 1 amide bonds. The van der Waals surface area contributed by atoms with Crippen molar-refractivity contribution in [1.29, 1.82) is 0 Å². The van der Waals surface area contributed by atoms with Gasteiger partial charge in [-0.15, -0.1) is 0 Å². The van der Waals surface area contributed by atoms with Crippen molar-refractivity contribution >= 4 is 35.6 Å². The number of ether oxygens (including phenoxy) is 1. The number of carbonyl (C=O) groups excluding carboxylic acids is 2. The highest BCUT2D eigenvalue weighted by atomic mass is 35.5. The molecule has 0 spiro atoms. The van der Waals surface area contributed by atoms with Gasteiger partial charge in [-0.05, 0) is 39.8 Å². The molecule has 0 aliphatic carbocycles. The van der Waals surface area contributed by atoms with Gasteiger partial charge in [-0.25, -0.2) is 4.79 Å². The zero-order chi connectivity index (χ0) is 15.6. The molecule has 1 atom stereocenters. The summed E-state index contributed by atoms with van der Waals surface area (Å²) in [5, 5.41) is 3.26. The number of alkyl carbamates (subject to hydrolysis) is 1. The molecule has 110 valence electrons. The third-order valence-electron chi connectivity index (χ3n) is 2.49. The second-order valence-electron chi connectivity index (χ2n) is 5.57. The fourth-order valence-electron chi connectivity index (χ4n) is 1.59. The predicted molar refractivity (Wildman–Crippen MR) is 79.2 cm³/mol. The maximum absolute atomic E-state index is 11.8. The van der Waals surface area contributed by atoms with Gasteiger partial charge in [0.05, 0.1) is 0 Å². The Morgan fingerprint density at radius 2 is 1.85 bits per heavy atom. The van der Waals surface area contributed by atoms with E-state index in [4.69, 9.17) is 27.9 Å². The van der Waals surface area contributed by atoms with Crippen LogP contribution >= 0.6 is 23.2 Å². The molecular formula is C14H17Cl2NO3. The number of rotatable bonds is 3. The van der Waals surface area contributed by atoms with E-state index in [1.165, 1.54) is 6.07 Å². The Morgan fingerprint density at radius 3 is 2.30 bits per heavy atom. The summed E-state index contributed by atoms with van der Waals surface area (Å²) in [6, 6.07) is 4.70. The summed E-state index contributed by atoms with van der Waals surface area (Å²) in [5.74, 6) is 0. The number of hydrogen-bond donors (Lipinski definition) is 1. The summed E-state index contributed by atoms with van der Waals surface area (Å²) in [5.41, 5.74) is -1.49. The van der Waals surface area contributed by atoms with Crippen LogP contribution in [0.15, 0.2) is 18.2 Å². The van der Waals surface area contributed by atoms with Crippen LogP contribution < -0.4 is 5.32 Å². The topological polar surface area (TPSA) is 55.4 Å². The smallest absolute Gasteiger partial charge is 0.408 e. The van der Waals surface area contributed by atoms with Gasteiger partial charge in [-0.2, -0.15) is 0 Å². The van der Waals surface area contributed by atoms with Crippen molar-refractivity contribution < 1.29 is 14.3 Å². The van der Waals surface area contributed by atoms with Crippen LogP contribution in [0.5, 0.6) is 0 Å². The molecule has 0 aliphatic rings. The fourth-order valence-corrected chi connectivity index (χ4v) is 2.19. The molecule has 0 fully saturated rings. The lowest BCUT2D eigenvalue weighted by Crippen LogP contribution is -2.47. The number of nitrogens with one attached hydrogen (secondary N) is 1. The highest BCUT2D eigenvalue weighted by molar-refractivity contribution is 6.35. The first kappa shape index (κ1) is 16.8. The average Bonchev–Trinajstić information content (AvgIpc) is 2.25. The lowest BCUT2D eigenvalue weighted by Gasteiger charge is -2.28. The normalized spacial score (nSPS) is 14.3.